The summed E-state index contributed by atoms with van der Waals surface area (Å²) in [5.74, 6) is 0.605. The molecule has 27 heavy (non-hydrogen) atoms. The van der Waals surface area contributed by atoms with Gasteiger partial charge in [-0.2, -0.15) is 0 Å². The van der Waals surface area contributed by atoms with Gasteiger partial charge < -0.3 is 9.64 Å². The molecular formula is C19H29N3O4S. The predicted molar refractivity (Wildman–Crippen MR) is 103 cm³/mol. The fourth-order valence-electron chi connectivity index (χ4n) is 3.63. The Hall–Kier alpha value is -1.48. The van der Waals surface area contributed by atoms with Gasteiger partial charge in [-0.15, -0.1) is 0 Å². The van der Waals surface area contributed by atoms with Crippen molar-refractivity contribution in [3.05, 3.63) is 29.8 Å². The van der Waals surface area contributed by atoms with Gasteiger partial charge in [0.1, 0.15) is 0 Å². The van der Waals surface area contributed by atoms with Gasteiger partial charge in [0, 0.05) is 52.4 Å². The number of amides is 1. The van der Waals surface area contributed by atoms with E-state index in [1.807, 2.05) is 4.90 Å². The Labute approximate surface area is 161 Å². The van der Waals surface area contributed by atoms with Crippen molar-refractivity contribution in [3.8, 4) is 0 Å². The lowest BCUT2D eigenvalue weighted by atomic mass is 9.95. The van der Waals surface area contributed by atoms with Crippen LogP contribution in [0.5, 0.6) is 0 Å². The summed E-state index contributed by atoms with van der Waals surface area (Å²) in [6, 6.07) is 6.23. The van der Waals surface area contributed by atoms with E-state index < -0.39 is 10.0 Å². The predicted octanol–water partition coefficient (Wildman–Crippen LogP) is 1.12. The van der Waals surface area contributed by atoms with Crippen LogP contribution in [0.1, 0.15) is 23.2 Å². The zero-order chi connectivity index (χ0) is 19.4. The van der Waals surface area contributed by atoms with Crippen molar-refractivity contribution >= 4 is 15.9 Å². The largest absolute Gasteiger partial charge is 0.379 e. The Morgan fingerprint density at radius 2 is 1.67 bits per heavy atom. The Morgan fingerprint density at radius 1 is 1.07 bits per heavy atom. The highest BCUT2D eigenvalue weighted by Crippen LogP contribution is 2.21. The maximum absolute atomic E-state index is 12.7. The first kappa shape index (κ1) is 20.3. The Morgan fingerprint density at radius 3 is 2.22 bits per heavy atom. The third kappa shape index (κ3) is 4.87. The molecule has 2 heterocycles. The van der Waals surface area contributed by atoms with E-state index in [2.05, 4.69) is 4.90 Å². The molecule has 0 radical (unpaired) electrons. The third-order valence-electron chi connectivity index (χ3n) is 5.40. The van der Waals surface area contributed by atoms with Crippen LogP contribution in [-0.4, -0.2) is 88.5 Å². The maximum Gasteiger partial charge on any atom is 0.253 e. The number of hydrogen-bond donors (Lipinski definition) is 0. The fourth-order valence-corrected chi connectivity index (χ4v) is 4.53. The third-order valence-corrected chi connectivity index (χ3v) is 7.23. The molecule has 1 aromatic rings. The highest BCUT2D eigenvalue weighted by atomic mass is 32.2. The van der Waals surface area contributed by atoms with E-state index in [0.717, 1.165) is 58.8 Å². The van der Waals surface area contributed by atoms with E-state index in [0.29, 0.717) is 11.5 Å². The number of rotatable bonds is 5. The molecule has 0 unspecified atom stereocenters. The molecule has 8 heteroatoms. The van der Waals surface area contributed by atoms with Crippen LogP contribution in [-0.2, 0) is 14.8 Å². The summed E-state index contributed by atoms with van der Waals surface area (Å²) in [5.41, 5.74) is 0.541. The molecule has 2 aliphatic rings. The molecule has 2 saturated heterocycles. The van der Waals surface area contributed by atoms with Gasteiger partial charge in [0.05, 0.1) is 18.1 Å². The van der Waals surface area contributed by atoms with Crippen molar-refractivity contribution in [3.63, 3.8) is 0 Å². The summed E-state index contributed by atoms with van der Waals surface area (Å²) in [4.78, 5) is 17.3. The van der Waals surface area contributed by atoms with Crippen LogP contribution in [0.3, 0.4) is 0 Å². The first-order valence-corrected chi connectivity index (χ1v) is 10.9. The number of ether oxygens (including phenoxy) is 1. The second kappa shape index (κ2) is 8.68. The molecule has 2 aliphatic heterocycles. The number of morpholine rings is 1. The average Bonchev–Trinajstić information content (AvgIpc) is 2.69. The van der Waals surface area contributed by atoms with Gasteiger partial charge in [0.15, 0.2) is 0 Å². The Kier molecular flexibility index (Phi) is 6.52. The number of likely N-dealkylation sites (tertiary alicyclic amines) is 1. The molecule has 7 nitrogen and oxygen atoms in total. The summed E-state index contributed by atoms with van der Waals surface area (Å²) < 4.78 is 30.8. The van der Waals surface area contributed by atoms with Crippen LogP contribution < -0.4 is 0 Å². The lowest BCUT2D eigenvalue weighted by molar-refractivity contribution is 0.0243. The number of carbonyl (C=O) groups is 1. The molecular weight excluding hydrogens is 366 g/mol. The molecule has 0 N–H and O–H groups in total. The van der Waals surface area contributed by atoms with E-state index >= 15 is 0 Å². The second-order valence-corrected chi connectivity index (χ2v) is 9.61. The van der Waals surface area contributed by atoms with Crippen LogP contribution in [0.4, 0.5) is 0 Å². The molecule has 1 amide bonds. The topological polar surface area (TPSA) is 70.2 Å². The van der Waals surface area contributed by atoms with Crippen molar-refractivity contribution in [2.75, 3.05) is 60.0 Å². The minimum absolute atomic E-state index is 0.0198. The normalized spacial score (nSPS) is 20.2. The fraction of sp³-hybridized carbons (Fsp3) is 0.632. The van der Waals surface area contributed by atoms with Crippen LogP contribution in [0.15, 0.2) is 29.2 Å². The van der Waals surface area contributed by atoms with Crippen LogP contribution >= 0.6 is 0 Å². The number of nitrogens with zero attached hydrogens (tertiary/aromatic N) is 3. The van der Waals surface area contributed by atoms with Gasteiger partial charge in [-0.1, -0.05) is 0 Å². The lowest BCUT2D eigenvalue weighted by Crippen LogP contribution is -2.44. The van der Waals surface area contributed by atoms with Crippen LogP contribution in [0.25, 0.3) is 0 Å². The van der Waals surface area contributed by atoms with E-state index in [1.54, 1.807) is 12.1 Å². The van der Waals surface area contributed by atoms with E-state index in [9.17, 15) is 13.2 Å². The van der Waals surface area contributed by atoms with Crippen molar-refractivity contribution < 1.29 is 17.9 Å². The minimum Gasteiger partial charge on any atom is -0.379 e. The summed E-state index contributed by atoms with van der Waals surface area (Å²) >= 11 is 0. The van der Waals surface area contributed by atoms with Crippen LogP contribution in [0, 0.1) is 5.92 Å². The molecule has 0 aromatic heterocycles. The lowest BCUT2D eigenvalue weighted by Gasteiger charge is -2.36. The highest BCUT2D eigenvalue weighted by Gasteiger charge is 2.26. The minimum atomic E-state index is -3.47. The zero-order valence-electron chi connectivity index (χ0n) is 16.1. The van der Waals surface area contributed by atoms with E-state index in [-0.39, 0.29) is 10.8 Å². The van der Waals surface area contributed by atoms with Gasteiger partial charge >= 0.3 is 0 Å². The molecule has 1 aromatic carbocycles. The molecule has 2 fully saturated rings. The second-order valence-electron chi connectivity index (χ2n) is 7.46. The van der Waals surface area contributed by atoms with E-state index in [1.165, 1.54) is 30.5 Å². The van der Waals surface area contributed by atoms with Gasteiger partial charge in [-0.25, -0.2) is 12.7 Å². The standard InChI is InChI=1S/C19H29N3O4S/c1-20(2)27(24,25)18-5-3-17(4-6-18)19(23)22-9-7-16(8-10-22)15-21-11-13-26-14-12-21/h3-6,16H,7-15H2,1-2H3. The number of hydrogen-bond acceptors (Lipinski definition) is 5. The van der Waals surface area contributed by atoms with Crippen molar-refractivity contribution in [2.45, 2.75) is 17.7 Å². The summed E-state index contributed by atoms with van der Waals surface area (Å²) in [6.07, 6.45) is 2.02. The number of benzene rings is 1. The molecule has 150 valence electrons. The number of piperidine rings is 1. The first-order chi connectivity index (χ1) is 12.9. The molecule has 0 aliphatic carbocycles. The SMILES string of the molecule is CN(C)S(=O)(=O)c1ccc(C(=O)N2CCC(CN3CCOCC3)CC2)cc1. The van der Waals surface area contributed by atoms with Gasteiger partial charge in [0.2, 0.25) is 10.0 Å². The summed E-state index contributed by atoms with van der Waals surface area (Å²) in [5, 5.41) is 0. The smallest absolute Gasteiger partial charge is 0.253 e. The monoisotopic (exact) mass is 395 g/mol. The van der Waals surface area contributed by atoms with Crippen molar-refractivity contribution in [2.24, 2.45) is 5.92 Å². The van der Waals surface area contributed by atoms with Gasteiger partial charge in [0.25, 0.3) is 5.91 Å². The van der Waals surface area contributed by atoms with Gasteiger partial charge in [-0.05, 0) is 43.0 Å². The average molecular weight is 396 g/mol. The first-order valence-electron chi connectivity index (χ1n) is 9.50. The molecule has 0 saturated carbocycles. The quantitative estimate of drug-likeness (QED) is 0.747. The molecule has 0 atom stereocenters. The van der Waals surface area contributed by atoms with E-state index in [4.69, 9.17) is 4.74 Å². The number of sulfonamides is 1. The zero-order valence-corrected chi connectivity index (χ0v) is 17.0. The maximum atomic E-state index is 12.7. The van der Waals surface area contributed by atoms with Crippen molar-refractivity contribution in [1.82, 2.24) is 14.1 Å². The Bertz CT molecular complexity index is 735. The molecule has 3 rings (SSSR count). The molecule has 0 bridgehead atoms. The van der Waals surface area contributed by atoms with Gasteiger partial charge in [-0.3, -0.25) is 9.69 Å². The molecule has 0 spiro atoms. The summed E-state index contributed by atoms with van der Waals surface area (Å²) in [6.45, 7) is 6.23. The highest BCUT2D eigenvalue weighted by molar-refractivity contribution is 7.89. The number of carbonyl (C=O) groups excluding carboxylic acids is 1. The Balaban J connectivity index is 1.54. The summed E-state index contributed by atoms with van der Waals surface area (Å²) in [7, 11) is -0.480. The van der Waals surface area contributed by atoms with Crippen molar-refractivity contribution in [1.29, 1.82) is 0 Å². The van der Waals surface area contributed by atoms with Crippen LogP contribution in [0.2, 0.25) is 0 Å².